The summed E-state index contributed by atoms with van der Waals surface area (Å²) < 4.78 is 0. The number of carbonyl (C=O) groups is 1. The molecule has 0 aromatic heterocycles. The molecule has 0 fully saturated rings. The van der Waals surface area contributed by atoms with Crippen molar-refractivity contribution in [3.63, 3.8) is 0 Å². The summed E-state index contributed by atoms with van der Waals surface area (Å²) in [5, 5.41) is 32.7. The number of amides is 1. The van der Waals surface area contributed by atoms with Crippen molar-refractivity contribution < 1.29 is 20.1 Å². The molecule has 0 aliphatic heterocycles. The smallest absolute Gasteiger partial charge is 0.249 e. The average molecular weight is 552 g/mol. The highest BCUT2D eigenvalue weighted by Crippen LogP contribution is 2.14. The first-order chi connectivity index (χ1) is 19.1. The van der Waals surface area contributed by atoms with Gasteiger partial charge in [0.15, 0.2) is 0 Å². The molecule has 5 nitrogen and oxygen atoms in total. The van der Waals surface area contributed by atoms with Crippen LogP contribution in [0.2, 0.25) is 0 Å². The van der Waals surface area contributed by atoms with Gasteiger partial charge >= 0.3 is 0 Å². The number of aliphatic hydroxyl groups is 3. The highest BCUT2D eigenvalue weighted by Gasteiger charge is 2.22. The van der Waals surface area contributed by atoms with Crippen LogP contribution < -0.4 is 5.32 Å². The van der Waals surface area contributed by atoms with Crippen molar-refractivity contribution in [2.24, 2.45) is 0 Å². The number of hydrogen-bond acceptors (Lipinski definition) is 4. The molecule has 1 amide bonds. The Morgan fingerprint density at radius 1 is 0.615 bits per heavy atom. The predicted octanol–water partition coefficient (Wildman–Crippen LogP) is 8.31. The van der Waals surface area contributed by atoms with E-state index in [0.717, 1.165) is 38.5 Å². The summed E-state index contributed by atoms with van der Waals surface area (Å²) in [6.07, 6.45) is 33.3. The highest BCUT2D eigenvalue weighted by atomic mass is 16.3. The molecule has 3 atom stereocenters. The predicted molar refractivity (Wildman–Crippen MR) is 167 cm³/mol. The first-order valence-corrected chi connectivity index (χ1v) is 16.7. The van der Waals surface area contributed by atoms with E-state index >= 15 is 0 Å². The average Bonchev–Trinajstić information content (AvgIpc) is 2.94. The molecular formula is C34H65NO4. The normalized spacial score (nSPS) is 14.3. The van der Waals surface area contributed by atoms with E-state index in [1.807, 2.05) is 6.08 Å². The van der Waals surface area contributed by atoms with Crippen molar-refractivity contribution >= 4 is 5.91 Å². The number of hydrogen-bond donors (Lipinski definition) is 4. The van der Waals surface area contributed by atoms with Gasteiger partial charge in [-0.15, -0.1) is 0 Å². The molecule has 0 aromatic carbocycles. The minimum Gasteiger partial charge on any atom is -0.394 e. The SMILES string of the molecule is CCCCCC/C=C/CC/C=C/C(O)C(CO)NC(=O)C(O)CCCCCCCCCCCCCCCCC. The van der Waals surface area contributed by atoms with Gasteiger partial charge in [0.25, 0.3) is 0 Å². The Morgan fingerprint density at radius 3 is 1.56 bits per heavy atom. The van der Waals surface area contributed by atoms with E-state index in [2.05, 4.69) is 31.3 Å². The van der Waals surface area contributed by atoms with Crippen LogP contribution in [-0.4, -0.2) is 46.1 Å². The van der Waals surface area contributed by atoms with Crippen molar-refractivity contribution in [3.05, 3.63) is 24.3 Å². The van der Waals surface area contributed by atoms with Crippen LogP contribution >= 0.6 is 0 Å². The van der Waals surface area contributed by atoms with Gasteiger partial charge in [-0.25, -0.2) is 0 Å². The van der Waals surface area contributed by atoms with Crippen LogP contribution in [0.1, 0.15) is 162 Å². The number of unbranched alkanes of at least 4 members (excludes halogenated alkanes) is 19. The van der Waals surface area contributed by atoms with Crippen molar-refractivity contribution in [2.75, 3.05) is 6.61 Å². The Labute approximate surface area is 241 Å². The number of carbonyl (C=O) groups excluding carboxylic acids is 1. The molecule has 0 aliphatic rings. The minimum atomic E-state index is -1.10. The summed E-state index contributed by atoms with van der Waals surface area (Å²) in [5.74, 6) is -0.516. The topological polar surface area (TPSA) is 89.8 Å². The lowest BCUT2D eigenvalue weighted by atomic mass is 10.0. The second-order valence-electron chi connectivity index (χ2n) is 11.4. The Morgan fingerprint density at radius 2 is 1.05 bits per heavy atom. The zero-order valence-corrected chi connectivity index (χ0v) is 25.8. The maximum atomic E-state index is 12.3. The van der Waals surface area contributed by atoms with Gasteiger partial charge in [-0.3, -0.25) is 4.79 Å². The monoisotopic (exact) mass is 551 g/mol. The summed E-state index contributed by atoms with van der Waals surface area (Å²) in [4.78, 5) is 12.3. The van der Waals surface area contributed by atoms with E-state index < -0.39 is 24.2 Å². The molecule has 0 spiro atoms. The molecule has 0 radical (unpaired) electrons. The van der Waals surface area contributed by atoms with Crippen LogP contribution in [-0.2, 0) is 4.79 Å². The summed E-state index contributed by atoms with van der Waals surface area (Å²) >= 11 is 0. The summed E-state index contributed by atoms with van der Waals surface area (Å²) in [6, 6.07) is -0.807. The number of rotatable bonds is 29. The van der Waals surface area contributed by atoms with Crippen molar-refractivity contribution in [3.8, 4) is 0 Å². The molecule has 39 heavy (non-hydrogen) atoms. The molecule has 0 saturated heterocycles. The Bertz CT molecular complexity index is 578. The molecule has 230 valence electrons. The largest absolute Gasteiger partial charge is 0.394 e. The molecule has 0 saturated carbocycles. The fraction of sp³-hybridized carbons (Fsp3) is 0.853. The Kier molecular flexibility index (Phi) is 28.9. The van der Waals surface area contributed by atoms with Gasteiger partial charge in [-0.1, -0.05) is 154 Å². The van der Waals surface area contributed by atoms with E-state index in [9.17, 15) is 20.1 Å². The maximum Gasteiger partial charge on any atom is 0.249 e. The number of nitrogens with one attached hydrogen (secondary N) is 1. The van der Waals surface area contributed by atoms with Crippen LogP contribution in [0.3, 0.4) is 0 Å². The Hall–Kier alpha value is -1.17. The zero-order valence-electron chi connectivity index (χ0n) is 25.8. The fourth-order valence-electron chi connectivity index (χ4n) is 4.84. The van der Waals surface area contributed by atoms with E-state index in [4.69, 9.17) is 0 Å². The summed E-state index contributed by atoms with van der Waals surface area (Å²) in [7, 11) is 0. The molecule has 3 unspecified atom stereocenters. The quantitative estimate of drug-likeness (QED) is 0.0556. The lowest BCUT2D eigenvalue weighted by Gasteiger charge is -2.21. The fourth-order valence-corrected chi connectivity index (χ4v) is 4.84. The van der Waals surface area contributed by atoms with Gasteiger partial charge in [0, 0.05) is 0 Å². The van der Waals surface area contributed by atoms with Gasteiger partial charge in [0.1, 0.15) is 6.10 Å². The van der Waals surface area contributed by atoms with E-state index in [1.165, 1.54) is 103 Å². The van der Waals surface area contributed by atoms with Gasteiger partial charge in [-0.05, 0) is 32.1 Å². The molecule has 0 bridgehead atoms. The van der Waals surface area contributed by atoms with Crippen LogP contribution in [0, 0.1) is 0 Å². The van der Waals surface area contributed by atoms with Gasteiger partial charge in [0.2, 0.25) is 5.91 Å². The van der Waals surface area contributed by atoms with Gasteiger partial charge < -0.3 is 20.6 Å². The summed E-state index contributed by atoms with van der Waals surface area (Å²) in [5.41, 5.74) is 0. The van der Waals surface area contributed by atoms with Gasteiger partial charge in [-0.2, -0.15) is 0 Å². The van der Waals surface area contributed by atoms with Crippen molar-refractivity contribution in [1.29, 1.82) is 0 Å². The van der Waals surface area contributed by atoms with Crippen molar-refractivity contribution in [1.82, 2.24) is 5.32 Å². The number of allylic oxidation sites excluding steroid dienone is 3. The van der Waals surface area contributed by atoms with E-state index in [-0.39, 0.29) is 6.61 Å². The van der Waals surface area contributed by atoms with Crippen LogP contribution in [0.4, 0.5) is 0 Å². The van der Waals surface area contributed by atoms with Gasteiger partial charge in [0.05, 0.1) is 18.8 Å². The second-order valence-corrected chi connectivity index (χ2v) is 11.4. The summed E-state index contributed by atoms with van der Waals surface area (Å²) in [6.45, 7) is 4.11. The van der Waals surface area contributed by atoms with Crippen molar-refractivity contribution in [2.45, 2.75) is 180 Å². The third kappa shape index (κ3) is 25.5. The van der Waals surface area contributed by atoms with Crippen LogP contribution in [0.15, 0.2) is 24.3 Å². The third-order valence-electron chi connectivity index (χ3n) is 7.54. The highest BCUT2D eigenvalue weighted by molar-refractivity contribution is 5.80. The third-order valence-corrected chi connectivity index (χ3v) is 7.54. The Balaban J connectivity index is 3.79. The first-order valence-electron chi connectivity index (χ1n) is 16.7. The molecule has 0 rings (SSSR count). The lowest BCUT2D eigenvalue weighted by molar-refractivity contribution is -0.131. The molecule has 0 aliphatic carbocycles. The van der Waals surface area contributed by atoms with Crippen LogP contribution in [0.5, 0.6) is 0 Å². The standard InChI is InChI=1S/C34H65NO4/c1-3-5-7-9-11-13-15-16-17-18-19-21-23-25-27-29-33(38)34(39)35-31(30-36)32(37)28-26-24-22-20-14-12-10-8-6-4-2/h14,20,26,28,31-33,36-38H,3-13,15-19,21-25,27,29-30H2,1-2H3,(H,35,39)/b20-14+,28-26+. The zero-order chi connectivity index (χ0) is 28.8. The van der Waals surface area contributed by atoms with E-state index in [0.29, 0.717) is 6.42 Å². The molecule has 5 heteroatoms. The molecular weight excluding hydrogens is 486 g/mol. The molecule has 4 N–H and O–H groups in total. The number of aliphatic hydroxyl groups excluding tert-OH is 3. The second kappa shape index (κ2) is 29.8. The lowest BCUT2D eigenvalue weighted by Crippen LogP contribution is -2.48. The van der Waals surface area contributed by atoms with Crippen LogP contribution in [0.25, 0.3) is 0 Å². The molecule has 0 aromatic rings. The minimum absolute atomic E-state index is 0.374. The first kappa shape index (κ1) is 37.8. The maximum absolute atomic E-state index is 12.3. The molecule has 0 heterocycles. The van der Waals surface area contributed by atoms with E-state index in [1.54, 1.807) is 6.08 Å².